The molecule has 0 bridgehead atoms. The normalized spacial score (nSPS) is 17.5. The lowest BCUT2D eigenvalue weighted by Gasteiger charge is -2.22. The monoisotopic (exact) mass is 288 g/mol. The van der Waals surface area contributed by atoms with Crippen LogP contribution in [0.15, 0.2) is 23.1 Å². The third-order valence-electron chi connectivity index (χ3n) is 3.19. The summed E-state index contributed by atoms with van der Waals surface area (Å²) >= 11 is 0. The van der Waals surface area contributed by atoms with Crippen molar-refractivity contribution in [3.05, 3.63) is 24.0 Å². The molecule has 0 radical (unpaired) electrons. The lowest BCUT2D eigenvalue weighted by atomic mass is 10.0. The first-order valence-corrected chi connectivity index (χ1v) is 7.60. The molecule has 0 saturated carbocycles. The van der Waals surface area contributed by atoms with Crippen molar-refractivity contribution in [2.75, 3.05) is 25.5 Å². The lowest BCUT2D eigenvalue weighted by Crippen LogP contribution is -2.32. The molecule has 0 aliphatic carbocycles. The summed E-state index contributed by atoms with van der Waals surface area (Å²) in [5, 5.41) is 0. The summed E-state index contributed by atoms with van der Waals surface area (Å²) in [6.07, 6.45) is 1.66. The van der Waals surface area contributed by atoms with Crippen molar-refractivity contribution < 1.29 is 17.5 Å². The number of ether oxygens (including phenoxy) is 1. The predicted molar refractivity (Wildman–Crippen MR) is 69.5 cm³/mol. The summed E-state index contributed by atoms with van der Waals surface area (Å²) in [5.74, 6) is -0.462. The first-order chi connectivity index (χ1) is 8.99. The average molecular weight is 288 g/mol. The minimum atomic E-state index is -3.69. The van der Waals surface area contributed by atoms with Gasteiger partial charge in [-0.2, -0.15) is 0 Å². The maximum Gasteiger partial charge on any atom is 0.240 e. The van der Waals surface area contributed by atoms with E-state index in [1.54, 1.807) is 0 Å². The summed E-state index contributed by atoms with van der Waals surface area (Å²) in [4.78, 5) is -0.105. The third-order valence-corrected chi connectivity index (χ3v) is 4.61. The van der Waals surface area contributed by atoms with Gasteiger partial charge in [-0.1, -0.05) is 0 Å². The zero-order valence-electron chi connectivity index (χ0n) is 10.4. The van der Waals surface area contributed by atoms with Crippen LogP contribution in [0.1, 0.15) is 12.8 Å². The van der Waals surface area contributed by atoms with Crippen LogP contribution in [-0.2, 0) is 14.8 Å². The van der Waals surface area contributed by atoms with E-state index in [1.807, 2.05) is 0 Å². The van der Waals surface area contributed by atoms with Crippen LogP contribution in [0.25, 0.3) is 0 Å². The largest absolute Gasteiger partial charge is 0.396 e. The molecule has 2 rings (SSSR count). The molecule has 0 aromatic heterocycles. The van der Waals surface area contributed by atoms with E-state index in [2.05, 4.69) is 4.72 Å². The number of nitrogen functional groups attached to an aromatic ring is 1. The van der Waals surface area contributed by atoms with Gasteiger partial charge in [0.2, 0.25) is 10.0 Å². The molecular weight excluding hydrogens is 271 g/mol. The van der Waals surface area contributed by atoms with Gasteiger partial charge in [0.05, 0.1) is 10.6 Å². The Morgan fingerprint density at radius 3 is 2.68 bits per heavy atom. The molecule has 0 atom stereocenters. The highest BCUT2D eigenvalue weighted by Gasteiger charge is 2.19. The Hall–Kier alpha value is -1.18. The molecule has 1 saturated heterocycles. The third kappa shape index (κ3) is 3.65. The van der Waals surface area contributed by atoms with Crippen molar-refractivity contribution >= 4 is 15.7 Å². The summed E-state index contributed by atoms with van der Waals surface area (Å²) in [5.41, 5.74) is 5.25. The minimum Gasteiger partial charge on any atom is -0.396 e. The molecule has 1 heterocycles. The van der Waals surface area contributed by atoms with Crippen LogP contribution in [0.2, 0.25) is 0 Å². The number of rotatable bonds is 4. The topological polar surface area (TPSA) is 81.4 Å². The number of benzene rings is 1. The zero-order chi connectivity index (χ0) is 13.9. The Balaban J connectivity index is 2.02. The van der Waals surface area contributed by atoms with Crippen LogP contribution >= 0.6 is 0 Å². The highest BCUT2D eigenvalue weighted by Crippen LogP contribution is 2.18. The van der Waals surface area contributed by atoms with E-state index in [-0.39, 0.29) is 16.5 Å². The maximum atomic E-state index is 13.3. The maximum absolute atomic E-state index is 13.3. The first-order valence-electron chi connectivity index (χ1n) is 6.11. The summed E-state index contributed by atoms with van der Waals surface area (Å²) in [6.45, 7) is 1.66. The highest BCUT2D eigenvalue weighted by atomic mass is 32.2. The zero-order valence-corrected chi connectivity index (χ0v) is 11.2. The van der Waals surface area contributed by atoms with Gasteiger partial charge < -0.3 is 10.5 Å². The molecule has 1 aromatic carbocycles. The van der Waals surface area contributed by atoms with Crippen LogP contribution in [0.5, 0.6) is 0 Å². The van der Waals surface area contributed by atoms with Crippen LogP contribution in [0.4, 0.5) is 10.1 Å². The Labute approximate surface area is 112 Å². The fourth-order valence-electron chi connectivity index (χ4n) is 1.94. The number of hydrogen-bond donors (Lipinski definition) is 2. The van der Waals surface area contributed by atoms with E-state index in [0.717, 1.165) is 18.9 Å². The fourth-order valence-corrected chi connectivity index (χ4v) is 3.06. The summed E-state index contributed by atoms with van der Waals surface area (Å²) in [7, 11) is -3.69. The van der Waals surface area contributed by atoms with E-state index in [9.17, 15) is 12.8 Å². The smallest absolute Gasteiger partial charge is 0.240 e. The van der Waals surface area contributed by atoms with Crippen LogP contribution in [0, 0.1) is 11.7 Å². The highest BCUT2D eigenvalue weighted by molar-refractivity contribution is 7.89. The van der Waals surface area contributed by atoms with Crippen molar-refractivity contribution in [1.82, 2.24) is 4.72 Å². The number of nitrogens with one attached hydrogen (secondary N) is 1. The van der Waals surface area contributed by atoms with Gasteiger partial charge in [-0.25, -0.2) is 17.5 Å². The quantitative estimate of drug-likeness (QED) is 0.813. The van der Waals surface area contributed by atoms with Crippen LogP contribution < -0.4 is 10.5 Å². The van der Waals surface area contributed by atoms with Gasteiger partial charge in [0.1, 0.15) is 5.82 Å². The molecule has 106 valence electrons. The van der Waals surface area contributed by atoms with Crippen molar-refractivity contribution in [3.63, 3.8) is 0 Å². The molecule has 3 N–H and O–H groups in total. The standard InChI is InChI=1S/C12H17FN2O3S/c13-11-7-10(1-2-12(11)14)19(16,17)15-8-9-3-5-18-6-4-9/h1-2,7,9,15H,3-6,8,14H2. The van der Waals surface area contributed by atoms with Gasteiger partial charge >= 0.3 is 0 Å². The molecule has 0 unspecified atom stereocenters. The van der Waals surface area contributed by atoms with Gasteiger partial charge in [0.15, 0.2) is 0 Å². The molecule has 19 heavy (non-hydrogen) atoms. The second kappa shape index (κ2) is 5.85. The summed E-state index contributed by atoms with van der Waals surface area (Å²) in [6, 6.07) is 3.48. The van der Waals surface area contributed by atoms with Gasteiger partial charge in [0.25, 0.3) is 0 Å². The molecule has 1 aromatic rings. The van der Waals surface area contributed by atoms with Gasteiger partial charge in [-0.15, -0.1) is 0 Å². The second-order valence-electron chi connectivity index (χ2n) is 4.59. The molecule has 1 fully saturated rings. The number of halogens is 1. The van der Waals surface area contributed by atoms with E-state index < -0.39 is 15.8 Å². The van der Waals surface area contributed by atoms with Gasteiger partial charge in [0, 0.05) is 19.8 Å². The van der Waals surface area contributed by atoms with Crippen molar-refractivity contribution in [2.24, 2.45) is 5.92 Å². The fraction of sp³-hybridized carbons (Fsp3) is 0.500. The Morgan fingerprint density at radius 1 is 1.37 bits per heavy atom. The number of anilines is 1. The number of hydrogen-bond acceptors (Lipinski definition) is 4. The van der Waals surface area contributed by atoms with Gasteiger partial charge in [-0.05, 0) is 37.0 Å². The summed E-state index contributed by atoms with van der Waals surface area (Å²) < 4.78 is 45.0. The second-order valence-corrected chi connectivity index (χ2v) is 6.36. The molecule has 0 amide bonds. The first kappa shape index (κ1) is 14.2. The minimum absolute atomic E-state index is 0.0663. The van der Waals surface area contributed by atoms with Gasteiger partial charge in [-0.3, -0.25) is 0 Å². The molecule has 5 nitrogen and oxygen atoms in total. The van der Waals surface area contributed by atoms with E-state index in [1.165, 1.54) is 12.1 Å². The van der Waals surface area contributed by atoms with E-state index in [4.69, 9.17) is 10.5 Å². The SMILES string of the molecule is Nc1ccc(S(=O)(=O)NCC2CCOCC2)cc1F. The Morgan fingerprint density at radius 2 is 2.05 bits per heavy atom. The predicted octanol–water partition coefficient (Wildman–Crippen LogP) is 1.11. The Bertz CT molecular complexity index is 542. The molecule has 1 aliphatic rings. The van der Waals surface area contributed by atoms with E-state index in [0.29, 0.717) is 19.8 Å². The van der Waals surface area contributed by atoms with E-state index >= 15 is 0 Å². The van der Waals surface area contributed by atoms with Crippen molar-refractivity contribution in [2.45, 2.75) is 17.7 Å². The van der Waals surface area contributed by atoms with Crippen LogP contribution in [0.3, 0.4) is 0 Å². The molecule has 7 heteroatoms. The Kier molecular flexibility index (Phi) is 4.38. The molecule has 1 aliphatic heterocycles. The number of sulfonamides is 1. The van der Waals surface area contributed by atoms with Crippen molar-refractivity contribution in [3.8, 4) is 0 Å². The average Bonchev–Trinajstić information content (AvgIpc) is 2.41. The lowest BCUT2D eigenvalue weighted by molar-refractivity contribution is 0.0678. The molecular formula is C12H17FN2O3S. The number of nitrogens with two attached hydrogens (primary N) is 1. The van der Waals surface area contributed by atoms with Crippen LogP contribution in [-0.4, -0.2) is 28.2 Å². The molecule has 0 spiro atoms. The van der Waals surface area contributed by atoms with Crippen molar-refractivity contribution in [1.29, 1.82) is 0 Å².